The highest BCUT2D eigenvalue weighted by Crippen LogP contribution is 2.37. The highest BCUT2D eigenvalue weighted by atomic mass is 16.6. The summed E-state index contributed by atoms with van der Waals surface area (Å²) >= 11 is 0. The molecule has 24 heavy (non-hydrogen) atoms. The Morgan fingerprint density at radius 3 is 2.58 bits per heavy atom. The Morgan fingerprint density at radius 2 is 1.88 bits per heavy atom. The smallest absolute Gasteiger partial charge is 0.213 e. The van der Waals surface area contributed by atoms with Gasteiger partial charge in [0.2, 0.25) is 5.88 Å². The number of rotatable bonds is 4. The van der Waals surface area contributed by atoms with E-state index in [0.717, 1.165) is 44.6 Å². The predicted octanol–water partition coefficient (Wildman–Crippen LogP) is 2.68. The van der Waals surface area contributed by atoms with Crippen LogP contribution in [0.4, 0.5) is 0 Å². The van der Waals surface area contributed by atoms with Crippen molar-refractivity contribution < 1.29 is 9.47 Å². The zero-order valence-electron chi connectivity index (χ0n) is 13.8. The molecule has 5 heteroatoms. The molecule has 0 aromatic carbocycles. The average molecular weight is 325 g/mol. The second kappa shape index (κ2) is 6.87. The molecule has 2 aliphatic heterocycles. The average Bonchev–Trinajstić information content (AvgIpc) is 3.01. The SMILES string of the molecule is c1ccc(CN2CCC3(CC2)C[C@H](Oc2ccccn2)CO3)nc1. The van der Waals surface area contributed by atoms with Gasteiger partial charge in [-0.2, -0.15) is 0 Å². The van der Waals surface area contributed by atoms with Gasteiger partial charge in [-0.25, -0.2) is 4.98 Å². The highest BCUT2D eigenvalue weighted by molar-refractivity contribution is 5.10. The van der Waals surface area contributed by atoms with Crippen molar-refractivity contribution >= 4 is 0 Å². The van der Waals surface area contributed by atoms with Gasteiger partial charge in [0, 0.05) is 44.5 Å². The van der Waals surface area contributed by atoms with E-state index >= 15 is 0 Å². The van der Waals surface area contributed by atoms with Gasteiger partial charge in [-0.3, -0.25) is 9.88 Å². The Labute approximate surface area is 142 Å². The standard InChI is InChI=1S/C19H23N3O2/c1-3-9-20-16(5-1)14-22-11-7-19(8-12-22)13-17(15-23-19)24-18-6-2-4-10-21-18/h1-6,9-10,17H,7-8,11-15H2/t17-/m0/s1. The summed E-state index contributed by atoms with van der Waals surface area (Å²) in [4.78, 5) is 11.1. The van der Waals surface area contributed by atoms with Gasteiger partial charge in [-0.15, -0.1) is 0 Å². The van der Waals surface area contributed by atoms with Crippen LogP contribution in [0.3, 0.4) is 0 Å². The van der Waals surface area contributed by atoms with Crippen LogP contribution in [0.2, 0.25) is 0 Å². The summed E-state index contributed by atoms with van der Waals surface area (Å²) in [6.07, 6.45) is 6.81. The molecule has 126 valence electrons. The molecule has 2 aromatic rings. The third-order valence-electron chi connectivity index (χ3n) is 4.98. The van der Waals surface area contributed by atoms with E-state index in [1.165, 1.54) is 0 Å². The minimum atomic E-state index is -0.0138. The molecule has 4 rings (SSSR count). The van der Waals surface area contributed by atoms with E-state index in [2.05, 4.69) is 20.9 Å². The van der Waals surface area contributed by atoms with Crippen LogP contribution in [0.25, 0.3) is 0 Å². The van der Waals surface area contributed by atoms with Crippen molar-refractivity contribution in [1.82, 2.24) is 14.9 Å². The molecular formula is C19H23N3O2. The van der Waals surface area contributed by atoms with Crippen LogP contribution in [-0.2, 0) is 11.3 Å². The van der Waals surface area contributed by atoms with Crippen LogP contribution in [-0.4, -0.2) is 46.3 Å². The lowest BCUT2D eigenvalue weighted by atomic mass is 9.88. The molecule has 0 aliphatic carbocycles. The van der Waals surface area contributed by atoms with Gasteiger partial charge in [0.25, 0.3) is 0 Å². The van der Waals surface area contributed by atoms with Crippen molar-refractivity contribution in [2.75, 3.05) is 19.7 Å². The zero-order chi connectivity index (χ0) is 16.2. The Balaban J connectivity index is 1.29. The van der Waals surface area contributed by atoms with Gasteiger partial charge in [-0.1, -0.05) is 12.1 Å². The lowest BCUT2D eigenvalue weighted by Crippen LogP contribution is -2.44. The van der Waals surface area contributed by atoms with Crippen LogP contribution in [0.15, 0.2) is 48.8 Å². The van der Waals surface area contributed by atoms with Gasteiger partial charge >= 0.3 is 0 Å². The molecule has 2 saturated heterocycles. The first kappa shape index (κ1) is 15.5. The summed E-state index contributed by atoms with van der Waals surface area (Å²) in [5, 5.41) is 0. The number of pyridine rings is 2. The number of ether oxygens (including phenoxy) is 2. The Morgan fingerprint density at radius 1 is 1.08 bits per heavy atom. The molecule has 1 spiro atoms. The highest BCUT2D eigenvalue weighted by Gasteiger charge is 2.43. The van der Waals surface area contributed by atoms with Crippen LogP contribution >= 0.6 is 0 Å². The second-order valence-electron chi connectivity index (χ2n) is 6.70. The van der Waals surface area contributed by atoms with Crippen molar-refractivity contribution in [2.24, 2.45) is 0 Å². The van der Waals surface area contributed by atoms with Gasteiger partial charge in [0.1, 0.15) is 6.10 Å². The Hall–Kier alpha value is -1.98. The molecule has 5 nitrogen and oxygen atoms in total. The fourth-order valence-electron chi connectivity index (χ4n) is 3.65. The molecule has 2 aliphatic rings. The number of nitrogens with zero attached hydrogens (tertiary/aromatic N) is 3. The Bertz CT molecular complexity index is 642. The first-order chi connectivity index (χ1) is 11.8. The van der Waals surface area contributed by atoms with E-state index in [9.17, 15) is 0 Å². The van der Waals surface area contributed by atoms with E-state index in [4.69, 9.17) is 9.47 Å². The zero-order valence-corrected chi connectivity index (χ0v) is 13.8. The van der Waals surface area contributed by atoms with Crippen molar-refractivity contribution in [2.45, 2.75) is 37.5 Å². The van der Waals surface area contributed by atoms with E-state index in [1.54, 1.807) is 6.20 Å². The summed E-state index contributed by atoms with van der Waals surface area (Å²) < 4.78 is 12.1. The van der Waals surface area contributed by atoms with Gasteiger partial charge in [0.15, 0.2) is 0 Å². The predicted molar refractivity (Wildman–Crippen MR) is 90.7 cm³/mol. The molecule has 0 N–H and O–H groups in total. The molecule has 1 atom stereocenters. The fraction of sp³-hybridized carbons (Fsp3) is 0.474. The summed E-state index contributed by atoms with van der Waals surface area (Å²) in [5.74, 6) is 0.690. The summed E-state index contributed by atoms with van der Waals surface area (Å²) in [7, 11) is 0. The number of hydrogen-bond acceptors (Lipinski definition) is 5. The lowest BCUT2D eigenvalue weighted by molar-refractivity contribution is -0.0456. The molecule has 0 saturated carbocycles. The van der Waals surface area contributed by atoms with Crippen molar-refractivity contribution in [3.05, 3.63) is 54.5 Å². The van der Waals surface area contributed by atoms with E-state index in [0.29, 0.717) is 12.5 Å². The summed E-state index contributed by atoms with van der Waals surface area (Å²) in [6, 6.07) is 11.9. The third kappa shape index (κ3) is 3.57. The van der Waals surface area contributed by atoms with Crippen molar-refractivity contribution in [1.29, 1.82) is 0 Å². The second-order valence-corrected chi connectivity index (χ2v) is 6.70. The van der Waals surface area contributed by atoms with Gasteiger partial charge in [0.05, 0.1) is 17.9 Å². The molecule has 4 heterocycles. The first-order valence-electron chi connectivity index (χ1n) is 8.65. The van der Waals surface area contributed by atoms with Crippen molar-refractivity contribution in [3.63, 3.8) is 0 Å². The molecule has 0 bridgehead atoms. The molecule has 2 fully saturated rings. The monoisotopic (exact) mass is 325 g/mol. The quantitative estimate of drug-likeness (QED) is 0.865. The summed E-state index contributed by atoms with van der Waals surface area (Å²) in [6.45, 7) is 3.68. The van der Waals surface area contributed by atoms with Crippen LogP contribution in [0, 0.1) is 0 Å². The topological polar surface area (TPSA) is 47.5 Å². The number of aromatic nitrogens is 2. The Kier molecular flexibility index (Phi) is 4.45. The number of piperidine rings is 1. The van der Waals surface area contributed by atoms with Crippen LogP contribution in [0.1, 0.15) is 25.0 Å². The van der Waals surface area contributed by atoms with Crippen LogP contribution in [0.5, 0.6) is 5.88 Å². The molecule has 0 unspecified atom stereocenters. The first-order valence-corrected chi connectivity index (χ1v) is 8.65. The minimum Gasteiger partial charge on any atom is -0.472 e. The summed E-state index contributed by atoms with van der Waals surface area (Å²) in [5.41, 5.74) is 1.12. The fourth-order valence-corrected chi connectivity index (χ4v) is 3.65. The number of hydrogen-bond donors (Lipinski definition) is 0. The van der Waals surface area contributed by atoms with E-state index in [-0.39, 0.29) is 11.7 Å². The largest absolute Gasteiger partial charge is 0.472 e. The maximum Gasteiger partial charge on any atom is 0.213 e. The van der Waals surface area contributed by atoms with Crippen molar-refractivity contribution in [3.8, 4) is 5.88 Å². The molecule has 0 amide bonds. The van der Waals surface area contributed by atoms with E-state index in [1.807, 2.05) is 36.5 Å². The minimum absolute atomic E-state index is 0.0138. The van der Waals surface area contributed by atoms with Crippen LogP contribution < -0.4 is 4.74 Å². The molecule has 0 radical (unpaired) electrons. The maximum atomic E-state index is 6.17. The third-order valence-corrected chi connectivity index (χ3v) is 4.98. The number of likely N-dealkylation sites (tertiary alicyclic amines) is 1. The molecular weight excluding hydrogens is 302 g/mol. The maximum absolute atomic E-state index is 6.17. The van der Waals surface area contributed by atoms with Gasteiger partial charge < -0.3 is 9.47 Å². The molecule has 2 aromatic heterocycles. The lowest BCUT2D eigenvalue weighted by Gasteiger charge is -2.38. The van der Waals surface area contributed by atoms with E-state index < -0.39 is 0 Å². The normalized spacial score (nSPS) is 23.4. The van der Waals surface area contributed by atoms with Gasteiger partial charge in [-0.05, 0) is 31.0 Å².